The molecule has 5 heteroatoms. The molecular weight excluding hydrogens is 364 g/mol. The van der Waals surface area contributed by atoms with E-state index in [1.165, 1.54) is 11.1 Å². The van der Waals surface area contributed by atoms with Gasteiger partial charge in [0.1, 0.15) is 6.73 Å². The van der Waals surface area contributed by atoms with Gasteiger partial charge in [0.05, 0.1) is 0 Å². The third-order valence-electron chi connectivity index (χ3n) is 5.08. The van der Waals surface area contributed by atoms with Crippen LogP contribution >= 0.6 is 0 Å². The fraction of sp³-hybridized carbons (Fsp3) is 0.333. The van der Waals surface area contributed by atoms with Gasteiger partial charge >= 0.3 is 5.69 Å². The molecule has 0 aliphatic heterocycles. The molecule has 0 unspecified atom stereocenters. The second kappa shape index (κ2) is 10.0. The number of ether oxygens (including phenoxy) is 1. The summed E-state index contributed by atoms with van der Waals surface area (Å²) in [5.74, 6) is 0. The summed E-state index contributed by atoms with van der Waals surface area (Å²) >= 11 is 0. The van der Waals surface area contributed by atoms with E-state index in [2.05, 4.69) is 17.1 Å². The first-order valence-corrected chi connectivity index (χ1v) is 10.1. The Bertz CT molecular complexity index is 1030. The minimum Gasteiger partial charge on any atom is -0.361 e. The number of aryl methyl sites for hydroxylation is 2. The maximum atomic E-state index is 12.5. The quantitative estimate of drug-likeness (QED) is 0.566. The molecule has 1 heterocycles. The highest BCUT2D eigenvalue weighted by molar-refractivity contribution is 5.29. The Labute approximate surface area is 171 Å². The third kappa shape index (κ3) is 5.55. The molecule has 5 nitrogen and oxygen atoms in total. The zero-order valence-electron chi connectivity index (χ0n) is 17.1. The van der Waals surface area contributed by atoms with Gasteiger partial charge in [0.15, 0.2) is 0 Å². The maximum Gasteiger partial charge on any atom is 0.330 e. The van der Waals surface area contributed by atoms with Crippen LogP contribution in [-0.2, 0) is 30.7 Å². The Kier molecular flexibility index (Phi) is 7.19. The SMILES string of the molecule is CCc1c(Cc2ccc(C)cc2)n(COCCCc2ccccc2)c(=O)[nH]c1=O. The number of nitrogens with one attached hydrogen (secondary N) is 1. The van der Waals surface area contributed by atoms with Gasteiger partial charge < -0.3 is 4.74 Å². The van der Waals surface area contributed by atoms with Crippen LogP contribution in [0.1, 0.15) is 41.3 Å². The van der Waals surface area contributed by atoms with Gasteiger partial charge in [-0.1, -0.05) is 67.1 Å². The molecule has 0 saturated heterocycles. The molecule has 3 aromatic rings. The van der Waals surface area contributed by atoms with Crippen molar-refractivity contribution in [2.24, 2.45) is 0 Å². The Morgan fingerprint density at radius 2 is 1.69 bits per heavy atom. The van der Waals surface area contributed by atoms with E-state index in [0.29, 0.717) is 25.0 Å². The van der Waals surface area contributed by atoms with Gasteiger partial charge in [-0.2, -0.15) is 0 Å². The summed E-state index contributed by atoms with van der Waals surface area (Å²) in [4.78, 5) is 27.2. The van der Waals surface area contributed by atoms with Crippen molar-refractivity contribution in [3.63, 3.8) is 0 Å². The lowest BCUT2D eigenvalue weighted by molar-refractivity contribution is 0.0701. The van der Waals surface area contributed by atoms with Crippen molar-refractivity contribution in [3.05, 3.63) is 103 Å². The number of rotatable bonds is 9. The fourth-order valence-electron chi connectivity index (χ4n) is 3.44. The van der Waals surface area contributed by atoms with Crippen LogP contribution in [0.25, 0.3) is 0 Å². The summed E-state index contributed by atoms with van der Waals surface area (Å²) in [5, 5.41) is 0. The molecule has 1 N–H and O–H groups in total. The van der Waals surface area contributed by atoms with E-state index in [1.54, 1.807) is 4.57 Å². The fourth-order valence-corrected chi connectivity index (χ4v) is 3.44. The molecule has 1 aromatic heterocycles. The summed E-state index contributed by atoms with van der Waals surface area (Å²) in [6.07, 6.45) is 2.88. The van der Waals surface area contributed by atoms with Crippen molar-refractivity contribution in [2.75, 3.05) is 6.61 Å². The van der Waals surface area contributed by atoms with Gasteiger partial charge in [0.2, 0.25) is 0 Å². The van der Waals surface area contributed by atoms with Crippen molar-refractivity contribution in [2.45, 2.75) is 46.3 Å². The average molecular weight is 392 g/mol. The molecule has 0 radical (unpaired) electrons. The van der Waals surface area contributed by atoms with Crippen LogP contribution in [0.15, 0.2) is 64.2 Å². The summed E-state index contributed by atoms with van der Waals surface area (Å²) in [6.45, 7) is 4.65. The normalized spacial score (nSPS) is 11.0. The van der Waals surface area contributed by atoms with E-state index in [-0.39, 0.29) is 12.3 Å². The maximum absolute atomic E-state index is 12.5. The number of benzene rings is 2. The molecule has 0 bridgehead atoms. The molecule has 0 fully saturated rings. The van der Waals surface area contributed by atoms with Crippen molar-refractivity contribution in [1.82, 2.24) is 9.55 Å². The molecule has 0 atom stereocenters. The van der Waals surface area contributed by atoms with Crippen LogP contribution in [0.4, 0.5) is 0 Å². The lowest BCUT2D eigenvalue weighted by Gasteiger charge is -2.16. The first kappa shape index (κ1) is 20.8. The minimum absolute atomic E-state index is 0.137. The Balaban J connectivity index is 1.73. The summed E-state index contributed by atoms with van der Waals surface area (Å²) < 4.78 is 7.36. The number of hydrogen-bond donors (Lipinski definition) is 1. The van der Waals surface area contributed by atoms with E-state index >= 15 is 0 Å². The highest BCUT2D eigenvalue weighted by Gasteiger charge is 2.14. The Hall–Kier alpha value is -2.92. The van der Waals surface area contributed by atoms with Crippen molar-refractivity contribution >= 4 is 0 Å². The van der Waals surface area contributed by atoms with E-state index in [4.69, 9.17) is 4.74 Å². The molecular formula is C24H28N2O3. The molecule has 0 aliphatic rings. The highest BCUT2D eigenvalue weighted by Crippen LogP contribution is 2.13. The molecule has 2 aromatic carbocycles. The number of H-pyrrole nitrogens is 1. The van der Waals surface area contributed by atoms with Crippen LogP contribution in [0.5, 0.6) is 0 Å². The number of nitrogens with zero attached hydrogens (tertiary/aromatic N) is 1. The summed E-state index contributed by atoms with van der Waals surface area (Å²) in [5.41, 5.74) is 4.15. The predicted molar refractivity (Wildman–Crippen MR) is 115 cm³/mol. The molecule has 152 valence electrons. The van der Waals surface area contributed by atoms with Gasteiger partial charge in [-0.3, -0.25) is 14.3 Å². The lowest BCUT2D eigenvalue weighted by Crippen LogP contribution is -2.36. The van der Waals surface area contributed by atoms with Crippen molar-refractivity contribution in [1.29, 1.82) is 0 Å². The Morgan fingerprint density at radius 3 is 2.38 bits per heavy atom. The van der Waals surface area contributed by atoms with Gasteiger partial charge in [-0.05, 0) is 37.3 Å². The van der Waals surface area contributed by atoms with Crippen LogP contribution in [0, 0.1) is 6.92 Å². The first-order chi connectivity index (χ1) is 14.1. The van der Waals surface area contributed by atoms with Gasteiger partial charge in [-0.15, -0.1) is 0 Å². The van der Waals surface area contributed by atoms with Gasteiger partial charge in [0, 0.05) is 24.3 Å². The average Bonchev–Trinajstić information content (AvgIpc) is 2.72. The lowest BCUT2D eigenvalue weighted by atomic mass is 10.0. The van der Waals surface area contributed by atoms with Crippen LogP contribution in [0.2, 0.25) is 0 Å². The first-order valence-electron chi connectivity index (χ1n) is 10.1. The van der Waals surface area contributed by atoms with Gasteiger partial charge in [-0.25, -0.2) is 4.79 Å². The molecule has 3 rings (SSSR count). The van der Waals surface area contributed by atoms with Gasteiger partial charge in [0.25, 0.3) is 5.56 Å². The van der Waals surface area contributed by atoms with E-state index in [0.717, 1.165) is 24.1 Å². The second-order valence-corrected chi connectivity index (χ2v) is 7.25. The summed E-state index contributed by atoms with van der Waals surface area (Å²) in [6, 6.07) is 18.4. The van der Waals surface area contributed by atoms with Crippen LogP contribution in [0.3, 0.4) is 0 Å². The Morgan fingerprint density at radius 1 is 0.966 bits per heavy atom. The highest BCUT2D eigenvalue weighted by atomic mass is 16.5. The van der Waals surface area contributed by atoms with E-state index in [1.807, 2.05) is 56.3 Å². The zero-order chi connectivity index (χ0) is 20.6. The second-order valence-electron chi connectivity index (χ2n) is 7.25. The van der Waals surface area contributed by atoms with Crippen LogP contribution < -0.4 is 11.2 Å². The van der Waals surface area contributed by atoms with Crippen molar-refractivity contribution in [3.8, 4) is 0 Å². The van der Waals surface area contributed by atoms with Crippen LogP contribution in [-0.4, -0.2) is 16.2 Å². The largest absolute Gasteiger partial charge is 0.361 e. The number of aromatic amines is 1. The number of aromatic nitrogens is 2. The topological polar surface area (TPSA) is 64.1 Å². The smallest absolute Gasteiger partial charge is 0.330 e. The van der Waals surface area contributed by atoms with Crippen molar-refractivity contribution < 1.29 is 4.74 Å². The standard InChI is InChI=1S/C24H28N2O3/c1-3-21-22(16-20-13-11-18(2)12-14-20)26(24(28)25-23(21)27)17-29-15-7-10-19-8-5-4-6-9-19/h4-6,8-9,11-14H,3,7,10,15-17H2,1-2H3,(H,25,27,28). The molecule has 29 heavy (non-hydrogen) atoms. The number of hydrogen-bond acceptors (Lipinski definition) is 3. The van der Waals surface area contributed by atoms with E-state index < -0.39 is 5.69 Å². The summed E-state index contributed by atoms with van der Waals surface area (Å²) in [7, 11) is 0. The predicted octanol–water partition coefficient (Wildman–Crippen LogP) is 3.61. The monoisotopic (exact) mass is 392 g/mol. The molecule has 0 spiro atoms. The van der Waals surface area contributed by atoms with E-state index in [9.17, 15) is 9.59 Å². The minimum atomic E-state index is -0.419. The molecule has 0 saturated carbocycles. The third-order valence-corrected chi connectivity index (χ3v) is 5.08. The zero-order valence-corrected chi connectivity index (χ0v) is 17.1. The molecule has 0 aliphatic carbocycles. The molecule has 0 amide bonds.